The molecule has 0 spiro atoms. The van der Waals surface area contributed by atoms with Crippen molar-refractivity contribution >= 4 is 14.5 Å². The average Bonchev–Trinajstić information content (AvgIpc) is 1.86. The van der Waals surface area contributed by atoms with Crippen molar-refractivity contribution in [3.8, 4) is 5.88 Å². The van der Waals surface area contributed by atoms with Gasteiger partial charge in [0.25, 0.3) is 0 Å². The molecule has 0 atom stereocenters. The molecular weight excluding hydrogens is 145 g/mol. The standard InChI is InChI=1S/C3H3NOSe/c5-3-1-6-2-4-3/h1-2,5H. The number of hydrogen-bond acceptors (Lipinski definition) is 2. The van der Waals surface area contributed by atoms with E-state index >= 15 is 0 Å². The van der Waals surface area contributed by atoms with E-state index in [2.05, 4.69) is 4.98 Å². The van der Waals surface area contributed by atoms with Crippen molar-refractivity contribution < 1.29 is 5.11 Å². The zero-order chi connectivity index (χ0) is 4.41. The van der Waals surface area contributed by atoms with Crippen LogP contribution in [0.2, 0.25) is 0 Å². The van der Waals surface area contributed by atoms with E-state index in [1.807, 2.05) is 0 Å². The summed E-state index contributed by atoms with van der Waals surface area (Å²) in [6.45, 7) is 0. The van der Waals surface area contributed by atoms with Crippen molar-refractivity contribution in [2.75, 3.05) is 0 Å². The third-order valence-electron chi connectivity index (χ3n) is 0.419. The van der Waals surface area contributed by atoms with Gasteiger partial charge in [-0.05, 0) is 0 Å². The van der Waals surface area contributed by atoms with Crippen LogP contribution in [0.1, 0.15) is 0 Å². The van der Waals surface area contributed by atoms with Crippen LogP contribution in [0.15, 0.2) is 10.0 Å². The Hall–Kier alpha value is -0.271. The Morgan fingerprint density at radius 3 is 2.83 bits per heavy atom. The van der Waals surface area contributed by atoms with Gasteiger partial charge < -0.3 is 0 Å². The maximum atomic E-state index is 8.41. The molecule has 0 saturated carbocycles. The monoisotopic (exact) mass is 149 g/mol. The number of aromatic nitrogens is 1. The summed E-state index contributed by atoms with van der Waals surface area (Å²) >= 11 is 0.337. The van der Waals surface area contributed by atoms with Gasteiger partial charge in [0, 0.05) is 0 Å². The maximum absolute atomic E-state index is 8.41. The minimum atomic E-state index is 0.176. The molecule has 0 aromatic carbocycles. The summed E-state index contributed by atoms with van der Waals surface area (Å²) in [5, 5.41) is 10.1. The Morgan fingerprint density at radius 2 is 2.67 bits per heavy atom. The molecule has 1 N–H and O–H groups in total. The van der Waals surface area contributed by atoms with Crippen LogP contribution in [0, 0.1) is 0 Å². The van der Waals surface area contributed by atoms with Gasteiger partial charge in [-0.15, -0.1) is 0 Å². The summed E-state index contributed by atoms with van der Waals surface area (Å²) in [4.78, 5) is 5.27. The van der Waals surface area contributed by atoms with Gasteiger partial charge in [0.15, 0.2) is 0 Å². The summed E-state index contributed by atoms with van der Waals surface area (Å²) in [7, 11) is 0. The van der Waals surface area contributed by atoms with Crippen LogP contribution < -0.4 is 0 Å². The topological polar surface area (TPSA) is 33.1 Å². The Labute approximate surface area is 41.2 Å². The Bertz CT molecular complexity index is 114. The van der Waals surface area contributed by atoms with Gasteiger partial charge in [0.05, 0.1) is 0 Å². The second-order valence-electron chi connectivity index (χ2n) is 0.847. The van der Waals surface area contributed by atoms with Crippen LogP contribution in [-0.2, 0) is 0 Å². The molecule has 0 bridgehead atoms. The molecule has 32 valence electrons. The SMILES string of the molecule is Oc1c[se]cn1. The first-order valence-corrected chi connectivity index (χ1v) is 3.44. The van der Waals surface area contributed by atoms with Gasteiger partial charge in [-0.1, -0.05) is 0 Å². The van der Waals surface area contributed by atoms with Crippen LogP contribution in [0.5, 0.6) is 5.88 Å². The summed E-state index contributed by atoms with van der Waals surface area (Å²) in [5.74, 6) is 0.176. The summed E-state index contributed by atoms with van der Waals surface area (Å²) in [5.41, 5.74) is 0. The zero-order valence-electron chi connectivity index (χ0n) is 2.96. The first-order valence-electron chi connectivity index (χ1n) is 1.47. The summed E-state index contributed by atoms with van der Waals surface area (Å²) < 4.78 is 0. The van der Waals surface area contributed by atoms with Crippen LogP contribution >= 0.6 is 0 Å². The van der Waals surface area contributed by atoms with Gasteiger partial charge in [-0.3, -0.25) is 0 Å². The second kappa shape index (κ2) is 1.45. The fourth-order valence-corrected chi connectivity index (χ4v) is 1.07. The molecular formula is C3H3NOSe. The Morgan fingerprint density at radius 1 is 1.83 bits per heavy atom. The molecule has 0 aliphatic heterocycles. The van der Waals surface area contributed by atoms with Gasteiger partial charge in [0.2, 0.25) is 0 Å². The van der Waals surface area contributed by atoms with Crippen molar-refractivity contribution in [1.82, 2.24) is 4.98 Å². The predicted molar refractivity (Wildman–Crippen MR) is 22.8 cm³/mol. The molecule has 3 heteroatoms. The Kier molecular flexibility index (Phi) is 0.945. The van der Waals surface area contributed by atoms with Gasteiger partial charge in [0.1, 0.15) is 0 Å². The van der Waals surface area contributed by atoms with Gasteiger partial charge >= 0.3 is 40.5 Å². The van der Waals surface area contributed by atoms with Gasteiger partial charge in [-0.2, -0.15) is 0 Å². The van der Waals surface area contributed by atoms with E-state index in [4.69, 9.17) is 5.11 Å². The Balaban J connectivity index is 3.05. The number of aromatic hydroxyl groups is 1. The molecule has 1 rings (SSSR count). The molecule has 0 saturated heterocycles. The van der Waals surface area contributed by atoms with Crippen molar-refractivity contribution in [3.63, 3.8) is 0 Å². The summed E-state index contributed by atoms with van der Waals surface area (Å²) in [6, 6.07) is 0. The van der Waals surface area contributed by atoms with E-state index < -0.39 is 0 Å². The quantitative estimate of drug-likeness (QED) is 0.518. The van der Waals surface area contributed by atoms with Crippen molar-refractivity contribution in [1.29, 1.82) is 0 Å². The molecule has 0 aliphatic carbocycles. The van der Waals surface area contributed by atoms with E-state index in [9.17, 15) is 0 Å². The van der Waals surface area contributed by atoms with Crippen LogP contribution in [0.3, 0.4) is 0 Å². The van der Waals surface area contributed by atoms with Crippen molar-refractivity contribution in [2.45, 2.75) is 0 Å². The number of hydrogen-bond donors (Lipinski definition) is 1. The van der Waals surface area contributed by atoms with E-state index in [1.165, 1.54) is 0 Å². The van der Waals surface area contributed by atoms with Gasteiger partial charge in [-0.25, -0.2) is 0 Å². The normalized spacial score (nSPS) is 8.67. The molecule has 0 fully saturated rings. The minimum absolute atomic E-state index is 0.176. The van der Waals surface area contributed by atoms with Crippen molar-refractivity contribution in [3.05, 3.63) is 10.0 Å². The average molecular weight is 148 g/mol. The molecule has 0 radical (unpaired) electrons. The van der Waals surface area contributed by atoms with E-state index in [0.29, 0.717) is 14.5 Å². The van der Waals surface area contributed by atoms with Crippen LogP contribution in [-0.4, -0.2) is 24.6 Å². The molecule has 1 aromatic heterocycles. The second-order valence-corrected chi connectivity index (χ2v) is 2.35. The fourth-order valence-electron chi connectivity index (χ4n) is 0.206. The molecule has 1 aromatic rings. The zero-order valence-corrected chi connectivity index (χ0v) is 4.67. The number of nitrogens with zero attached hydrogens (tertiary/aromatic N) is 1. The molecule has 6 heavy (non-hydrogen) atoms. The van der Waals surface area contributed by atoms with Crippen LogP contribution in [0.25, 0.3) is 0 Å². The van der Waals surface area contributed by atoms with Crippen LogP contribution in [0.4, 0.5) is 0 Å². The third-order valence-corrected chi connectivity index (χ3v) is 1.62. The number of rotatable bonds is 0. The third kappa shape index (κ3) is 0.614. The molecule has 0 amide bonds. The summed E-state index contributed by atoms with van der Waals surface area (Å²) in [6.07, 6.45) is 0. The predicted octanol–water partition coefficient (Wildman–Crippen LogP) is -0.156. The van der Waals surface area contributed by atoms with E-state index in [-0.39, 0.29) is 5.88 Å². The van der Waals surface area contributed by atoms with Crippen molar-refractivity contribution in [2.24, 2.45) is 0 Å². The van der Waals surface area contributed by atoms with E-state index in [1.54, 1.807) is 10.0 Å². The molecule has 0 aliphatic rings. The fraction of sp³-hybridized carbons (Fsp3) is 0. The first-order chi connectivity index (χ1) is 2.89. The molecule has 2 nitrogen and oxygen atoms in total. The van der Waals surface area contributed by atoms with E-state index in [0.717, 1.165) is 0 Å². The molecule has 0 unspecified atom stereocenters. The first kappa shape index (κ1) is 3.90. The molecule has 1 heterocycles.